The van der Waals surface area contributed by atoms with Crippen molar-refractivity contribution in [3.63, 3.8) is 0 Å². The number of aryl methyl sites for hydroxylation is 1. The van der Waals surface area contributed by atoms with Gasteiger partial charge in [-0.2, -0.15) is 5.10 Å². The van der Waals surface area contributed by atoms with Crippen LogP contribution in [0.4, 0.5) is 0 Å². The van der Waals surface area contributed by atoms with Crippen LogP contribution in [0.1, 0.15) is 40.9 Å². The number of fused-ring (bicyclic) bond motifs is 3. The molecule has 3 aromatic rings. The van der Waals surface area contributed by atoms with Crippen molar-refractivity contribution >= 4 is 5.71 Å². The summed E-state index contributed by atoms with van der Waals surface area (Å²) in [6.45, 7) is 2.07. The van der Waals surface area contributed by atoms with E-state index in [1.807, 2.05) is 41.4 Å². The Morgan fingerprint density at radius 3 is 2.58 bits per heavy atom. The monoisotopic (exact) mass is 416 g/mol. The van der Waals surface area contributed by atoms with Gasteiger partial charge in [-0.05, 0) is 36.8 Å². The molecule has 0 amide bonds. The zero-order valence-corrected chi connectivity index (χ0v) is 17.7. The number of hydrazone groups is 1. The highest BCUT2D eigenvalue weighted by atomic mass is 16.5. The highest BCUT2D eigenvalue weighted by molar-refractivity contribution is 6.04. The molecule has 6 heteroatoms. The molecule has 0 saturated heterocycles. The molecule has 158 valence electrons. The van der Waals surface area contributed by atoms with Crippen LogP contribution in [0.2, 0.25) is 0 Å². The van der Waals surface area contributed by atoms with E-state index < -0.39 is 6.23 Å². The second kappa shape index (κ2) is 7.54. The summed E-state index contributed by atoms with van der Waals surface area (Å²) in [7, 11) is 3.26. The number of hydrogen-bond acceptors (Lipinski definition) is 6. The van der Waals surface area contributed by atoms with Crippen molar-refractivity contribution in [2.45, 2.75) is 25.6 Å². The lowest BCUT2D eigenvalue weighted by molar-refractivity contribution is -0.0212. The van der Waals surface area contributed by atoms with Gasteiger partial charge in [0.15, 0.2) is 11.5 Å². The number of phenols is 1. The third-order valence-electron chi connectivity index (χ3n) is 5.97. The second-order valence-corrected chi connectivity index (χ2v) is 7.74. The molecule has 2 heterocycles. The fraction of sp³-hybridized carbons (Fsp3) is 0.240. The SMILES string of the molecule is COc1ccc(O)c(C2=NN3[C@H](C2)c2cccc(OC)c2O[C@H]3c2ccccc2C)c1. The van der Waals surface area contributed by atoms with Crippen molar-refractivity contribution in [1.82, 2.24) is 5.01 Å². The summed E-state index contributed by atoms with van der Waals surface area (Å²) in [5, 5.41) is 17.5. The van der Waals surface area contributed by atoms with Crippen LogP contribution < -0.4 is 14.2 Å². The molecule has 0 aromatic heterocycles. The third kappa shape index (κ3) is 3.15. The summed E-state index contributed by atoms with van der Waals surface area (Å²) in [5.74, 6) is 2.30. The van der Waals surface area contributed by atoms with Gasteiger partial charge in [-0.15, -0.1) is 0 Å². The van der Waals surface area contributed by atoms with Crippen molar-refractivity contribution in [2.75, 3.05) is 14.2 Å². The minimum atomic E-state index is -0.403. The molecular formula is C25H24N2O4. The highest BCUT2D eigenvalue weighted by Gasteiger charge is 2.42. The van der Waals surface area contributed by atoms with E-state index in [-0.39, 0.29) is 11.8 Å². The molecule has 0 fully saturated rings. The van der Waals surface area contributed by atoms with Crippen LogP contribution in [0.15, 0.2) is 65.8 Å². The van der Waals surface area contributed by atoms with Crippen LogP contribution in [0.5, 0.6) is 23.0 Å². The van der Waals surface area contributed by atoms with E-state index in [0.717, 1.165) is 28.2 Å². The van der Waals surface area contributed by atoms with Crippen molar-refractivity contribution in [1.29, 1.82) is 0 Å². The minimum Gasteiger partial charge on any atom is -0.507 e. The zero-order valence-electron chi connectivity index (χ0n) is 17.7. The van der Waals surface area contributed by atoms with Crippen molar-refractivity contribution in [3.05, 3.63) is 82.9 Å². The molecule has 0 spiro atoms. The Morgan fingerprint density at radius 1 is 1.00 bits per heavy atom. The Kier molecular flexibility index (Phi) is 4.70. The van der Waals surface area contributed by atoms with Crippen LogP contribution >= 0.6 is 0 Å². The largest absolute Gasteiger partial charge is 0.507 e. The number of para-hydroxylation sites is 1. The molecule has 3 aromatic carbocycles. The predicted octanol–water partition coefficient (Wildman–Crippen LogP) is 4.96. The average Bonchev–Trinajstić information content (AvgIpc) is 3.24. The fourth-order valence-electron chi connectivity index (χ4n) is 4.35. The zero-order chi connectivity index (χ0) is 21.5. The Balaban J connectivity index is 1.65. The van der Waals surface area contributed by atoms with Gasteiger partial charge in [0.05, 0.1) is 26.0 Å². The van der Waals surface area contributed by atoms with E-state index in [0.29, 0.717) is 23.5 Å². The van der Waals surface area contributed by atoms with E-state index in [1.54, 1.807) is 26.4 Å². The maximum Gasteiger partial charge on any atom is 0.214 e. The van der Waals surface area contributed by atoms with Gasteiger partial charge in [0.2, 0.25) is 6.23 Å². The first-order valence-electron chi connectivity index (χ1n) is 10.2. The number of methoxy groups -OCH3 is 2. The molecule has 0 saturated carbocycles. The number of hydrogen-bond donors (Lipinski definition) is 1. The van der Waals surface area contributed by atoms with E-state index in [9.17, 15) is 5.11 Å². The summed E-state index contributed by atoms with van der Waals surface area (Å²) in [6, 6.07) is 19.2. The van der Waals surface area contributed by atoms with Crippen molar-refractivity contribution < 1.29 is 19.3 Å². The van der Waals surface area contributed by atoms with Gasteiger partial charge in [0.25, 0.3) is 0 Å². The normalized spacial score (nSPS) is 19.2. The molecule has 2 aliphatic heterocycles. The quantitative estimate of drug-likeness (QED) is 0.651. The van der Waals surface area contributed by atoms with Crippen molar-refractivity contribution in [3.8, 4) is 23.0 Å². The first-order valence-corrected chi connectivity index (χ1v) is 10.2. The van der Waals surface area contributed by atoms with Crippen molar-refractivity contribution in [2.24, 2.45) is 5.10 Å². The molecule has 2 aliphatic rings. The lowest BCUT2D eigenvalue weighted by Crippen LogP contribution is -2.34. The number of rotatable bonds is 4. The van der Waals surface area contributed by atoms with Crippen LogP contribution in [0, 0.1) is 6.92 Å². The first kappa shape index (κ1) is 19.3. The molecule has 0 aliphatic carbocycles. The van der Waals surface area contributed by atoms with E-state index in [4.69, 9.17) is 19.3 Å². The van der Waals surface area contributed by atoms with Gasteiger partial charge >= 0.3 is 0 Å². The summed E-state index contributed by atoms with van der Waals surface area (Å²) in [6.07, 6.45) is 0.229. The average molecular weight is 416 g/mol. The van der Waals surface area contributed by atoms with E-state index in [1.165, 1.54) is 0 Å². The third-order valence-corrected chi connectivity index (χ3v) is 5.97. The number of benzene rings is 3. The summed E-state index contributed by atoms with van der Waals surface area (Å²) in [5.41, 5.74) is 4.65. The fourth-order valence-corrected chi connectivity index (χ4v) is 4.35. The Hall–Kier alpha value is -3.67. The maximum absolute atomic E-state index is 10.5. The van der Waals surface area contributed by atoms with Crippen LogP contribution in [0.25, 0.3) is 0 Å². The Bertz CT molecular complexity index is 1170. The summed E-state index contributed by atoms with van der Waals surface area (Å²) >= 11 is 0. The summed E-state index contributed by atoms with van der Waals surface area (Å²) < 4.78 is 17.5. The van der Waals surface area contributed by atoms with Gasteiger partial charge in [0.1, 0.15) is 11.5 Å². The first-order chi connectivity index (χ1) is 15.1. The van der Waals surface area contributed by atoms with Crippen LogP contribution in [0.3, 0.4) is 0 Å². The van der Waals surface area contributed by atoms with E-state index in [2.05, 4.69) is 19.1 Å². The topological polar surface area (TPSA) is 63.5 Å². The molecule has 0 unspecified atom stereocenters. The van der Waals surface area contributed by atoms with Crippen LogP contribution in [-0.4, -0.2) is 30.0 Å². The lowest BCUT2D eigenvalue weighted by atomic mass is 9.94. The Labute approximate surface area is 181 Å². The molecule has 0 bridgehead atoms. The van der Waals surface area contributed by atoms with Gasteiger partial charge in [-0.3, -0.25) is 0 Å². The molecule has 31 heavy (non-hydrogen) atoms. The number of aromatic hydroxyl groups is 1. The van der Waals surface area contributed by atoms with Gasteiger partial charge in [-0.25, -0.2) is 5.01 Å². The van der Waals surface area contributed by atoms with Gasteiger partial charge in [-0.1, -0.05) is 36.4 Å². The predicted molar refractivity (Wildman–Crippen MR) is 118 cm³/mol. The molecule has 6 nitrogen and oxygen atoms in total. The molecule has 5 rings (SSSR count). The lowest BCUT2D eigenvalue weighted by Gasteiger charge is -2.39. The number of phenolic OH excluding ortho intramolecular Hbond substituents is 1. The standard InChI is InChI=1S/C25H24N2O4/c1-15-7-4-5-8-17(15)25-27-21(18-9-6-10-23(30-3)24(18)31-25)14-20(26-27)19-13-16(29-2)11-12-22(19)28/h4-13,21,25,28H,14H2,1-3H3/t21-,25+/m1/s1. The number of nitrogens with zero attached hydrogens (tertiary/aromatic N) is 2. The second-order valence-electron chi connectivity index (χ2n) is 7.74. The van der Waals surface area contributed by atoms with Crippen LogP contribution in [-0.2, 0) is 0 Å². The van der Waals surface area contributed by atoms with Gasteiger partial charge in [0, 0.05) is 23.1 Å². The maximum atomic E-state index is 10.5. The summed E-state index contributed by atoms with van der Waals surface area (Å²) in [4.78, 5) is 0. The number of ether oxygens (including phenoxy) is 3. The molecular weight excluding hydrogens is 392 g/mol. The molecule has 1 N–H and O–H groups in total. The van der Waals surface area contributed by atoms with Gasteiger partial charge < -0.3 is 19.3 Å². The molecule has 0 radical (unpaired) electrons. The Morgan fingerprint density at radius 2 is 1.81 bits per heavy atom. The highest BCUT2D eigenvalue weighted by Crippen LogP contribution is 2.51. The smallest absolute Gasteiger partial charge is 0.214 e. The van der Waals surface area contributed by atoms with E-state index >= 15 is 0 Å². The minimum absolute atomic E-state index is 0.0379. The molecule has 2 atom stereocenters.